The number of para-hydroxylation sites is 1. The van der Waals surface area contributed by atoms with E-state index in [2.05, 4.69) is 15.0 Å². The lowest BCUT2D eigenvalue weighted by Gasteiger charge is -2.38. The van der Waals surface area contributed by atoms with Crippen LogP contribution in [0.15, 0.2) is 36.5 Å². The molecular formula is C21H24N6O. The minimum Gasteiger partial charge on any atom is -0.352 e. The predicted octanol–water partition coefficient (Wildman–Crippen LogP) is 2.57. The number of hydrogen-bond donors (Lipinski definition) is 0. The monoisotopic (exact) mass is 376 g/mol. The zero-order valence-electron chi connectivity index (χ0n) is 16.1. The van der Waals surface area contributed by atoms with Gasteiger partial charge < -0.3 is 9.80 Å². The number of benzene rings is 1. The van der Waals surface area contributed by atoms with Gasteiger partial charge in [-0.3, -0.25) is 4.79 Å². The molecule has 0 radical (unpaired) electrons. The van der Waals surface area contributed by atoms with Gasteiger partial charge >= 0.3 is 0 Å². The van der Waals surface area contributed by atoms with Crippen molar-refractivity contribution in [1.29, 1.82) is 0 Å². The molecular weight excluding hydrogens is 352 g/mol. The van der Waals surface area contributed by atoms with Crippen LogP contribution in [0.3, 0.4) is 0 Å². The lowest BCUT2D eigenvalue weighted by molar-refractivity contribution is -0.138. The Hall–Kier alpha value is -2.96. The second-order valence-corrected chi connectivity index (χ2v) is 7.66. The molecule has 1 aromatic carbocycles. The first-order valence-corrected chi connectivity index (χ1v) is 10.0. The van der Waals surface area contributed by atoms with Crippen molar-refractivity contribution in [1.82, 2.24) is 24.6 Å². The molecule has 7 nitrogen and oxygen atoms in total. The number of carbonyl (C=O) groups is 1. The summed E-state index contributed by atoms with van der Waals surface area (Å²) in [6.07, 6.45) is 5.16. The number of rotatable bonds is 3. The molecule has 0 bridgehead atoms. The molecule has 2 fully saturated rings. The SMILES string of the molecule is Cc1nc(N2CCN(C(=O)C3CCC3)CC2)c2cnn(-c3ccccc3)c2n1. The minimum atomic E-state index is 0.267. The van der Waals surface area contributed by atoms with Crippen molar-refractivity contribution in [2.24, 2.45) is 5.92 Å². The summed E-state index contributed by atoms with van der Waals surface area (Å²) in [5, 5.41) is 5.52. The van der Waals surface area contributed by atoms with Crippen LogP contribution in [0.4, 0.5) is 5.82 Å². The summed E-state index contributed by atoms with van der Waals surface area (Å²) >= 11 is 0. The first-order valence-electron chi connectivity index (χ1n) is 10.0. The molecule has 1 aliphatic heterocycles. The molecule has 0 spiro atoms. The van der Waals surface area contributed by atoms with Crippen LogP contribution in [0, 0.1) is 12.8 Å². The van der Waals surface area contributed by atoms with Crippen LogP contribution in [-0.2, 0) is 4.79 Å². The standard InChI is InChI=1S/C21H24N6O/c1-15-23-19(25-10-12-26(13-11-25)21(28)16-6-5-7-16)18-14-22-27(20(18)24-15)17-8-3-2-4-9-17/h2-4,8-9,14,16H,5-7,10-13H2,1H3. The molecule has 2 aromatic heterocycles. The highest BCUT2D eigenvalue weighted by molar-refractivity contribution is 5.88. The molecule has 28 heavy (non-hydrogen) atoms. The van der Waals surface area contributed by atoms with E-state index in [4.69, 9.17) is 4.98 Å². The molecule has 1 aliphatic carbocycles. The van der Waals surface area contributed by atoms with E-state index in [9.17, 15) is 4.79 Å². The van der Waals surface area contributed by atoms with Gasteiger partial charge in [0.25, 0.3) is 0 Å². The molecule has 5 rings (SSSR count). The summed E-state index contributed by atoms with van der Waals surface area (Å²) in [4.78, 5) is 26.2. The Kier molecular flexibility index (Phi) is 4.22. The Morgan fingerprint density at radius 3 is 2.46 bits per heavy atom. The van der Waals surface area contributed by atoms with Gasteiger partial charge in [-0.25, -0.2) is 14.6 Å². The third kappa shape index (κ3) is 2.91. The molecule has 144 valence electrons. The Balaban J connectivity index is 1.42. The van der Waals surface area contributed by atoms with E-state index in [1.54, 1.807) is 0 Å². The van der Waals surface area contributed by atoms with Gasteiger partial charge in [0.1, 0.15) is 11.6 Å². The van der Waals surface area contributed by atoms with Crippen molar-refractivity contribution < 1.29 is 4.79 Å². The van der Waals surface area contributed by atoms with Crippen LogP contribution in [0.25, 0.3) is 16.7 Å². The molecule has 1 saturated heterocycles. The summed E-state index contributed by atoms with van der Waals surface area (Å²) in [7, 11) is 0. The Labute approximate surface area is 164 Å². The number of fused-ring (bicyclic) bond motifs is 1. The van der Waals surface area contributed by atoms with Gasteiger partial charge in [0.15, 0.2) is 5.65 Å². The predicted molar refractivity (Wildman–Crippen MR) is 108 cm³/mol. The number of aromatic nitrogens is 4. The number of piperazine rings is 1. The molecule has 1 amide bonds. The Morgan fingerprint density at radius 1 is 1.04 bits per heavy atom. The maximum Gasteiger partial charge on any atom is 0.225 e. The van der Waals surface area contributed by atoms with Gasteiger partial charge in [-0.05, 0) is 31.9 Å². The Morgan fingerprint density at radius 2 is 1.79 bits per heavy atom. The molecule has 3 heterocycles. The van der Waals surface area contributed by atoms with Gasteiger partial charge in [-0.2, -0.15) is 5.10 Å². The summed E-state index contributed by atoms with van der Waals surface area (Å²) in [5.74, 6) is 2.25. The van der Waals surface area contributed by atoms with Crippen LogP contribution in [0.2, 0.25) is 0 Å². The second-order valence-electron chi connectivity index (χ2n) is 7.66. The van der Waals surface area contributed by atoms with E-state index >= 15 is 0 Å². The molecule has 0 atom stereocenters. The highest BCUT2D eigenvalue weighted by Gasteiger charge is 2.32. The fraction of sp³-hybridized carbons (Fsp3) is 0.429. The summed E-state index contributed by atoms with van der Waals surface area (Å²) in [6, 6.07) is 10.0. The molecule has 7 heteroatoms. The fourth-order valence-corrected chi connectivity index (χ4v) is 4.05. The van der Waals surface area contributed by atoms with E-state index in [-0.39, 0.29) is 5.92 Å². The topological polar surface area (TPSA) is 67.2 Å². The number of carbonyl (C=O) groups excluding carboxylic acids is 1. The van der Waals surface area contributed by atoms with Gasteiger partial charge in [0.2, 0.25) is 5.91 Å². The Bertz CT molecular complexity index is 1000. The molecule has 1 saturated carbocycles. The van der Waals surface area contributed by atoms with Crippen molar-refractivity contribution in [3.05, 3.63) is 42.4 Å². The average molecular weight is 376 g/mol. The number of nitrogens with zero attached hydrogens (tertiary/aromatic N) is 6. The van der Waals surface area contributed by atoms with Crippen LogP contribution in [0.5, 0.6) is 0 Å². The number of anilines is 1. The first kappa shape index (κ1) is 17.2. The van der Waals surface area contributed by atoms with Crippen molar-refractivity contribution in [3.63, 3.8) is 0 Å². The minimum absolute atomic E-state index is 0.267. The van der Waals surface area contributed by atoms with Gasteiger partial charge in [0, 0.05) is 32.1 Å². The zero-order valence-corrected chi connectivity index (χ0v) is 16.1. The van der Waals surface area contributed by atoms with Crippen LogP contribution in [0.1, 0.15) is 25.1 Å². The number of aryl methyl sites for hydroxylation is 1. The van der Waals surface area contributed by atoms with Crippen LogP contribution >= 0.6 is 0 Å². The third-order valence-electron chi connectivity index (χ3n) is 5.87. The smallest absolute Gasteiger partial charge is 0.225 e. The summed E-state index contributed by atoms with van der Waals surface area (Å²) in [5.41, 5.74) is 1.80. The van der Waals surface area contributed by atoms with E-state index in [1.807, 2.05) is 53.0 Å². The third-order valence-corrected chi connectivity index (χ3v) is 5.87. The van der Waals surface area contributed by atoms with Gasteiger partial charge in [0.05, 0.1) is 17.3 Å². The van der Waals surface area contributed by atoms with Crippen molar-refractivity contribution in [2.75, 3.05) is 31.1 Å². The van der Waals surface area contributed by atoms with E-state index < -0.39 is 0 Å². The highest BCUT2D eigenvalue weighted by Crippen LogP contribution is 2.30. The van der Waals surface area contributed by atoms with Crippen molar-refractivity contribution in [2.45, 2.75) is 26.2 Å². The van der Waals surface area contributed by atoms with E-state index in [0.29, 0.717) is 5.91 Å². The molecule has 0 unspecified atom stereocenters. The van der Waals surface area contributed by atoms with Crippen molar-refractivity contribution in [3.8, 4) is 5.69 Å². The van der Waals surface area contributed by atoms with Gasteiger partial charge in [-0.1, -0.05) is 24.6 Å². The normalized spacial score (nSPS) is 17.8. The summed E-state index contributed by atoms with van der Waals surface area (Å²) < 4.78 is 1.86. The summed E-state index contributed by atoms with van der Waals surface area (Å²) in [6.45, 7) is 5.02. The van der Waals surface area contributed by atoms with E-state index in [0.717, 1.165) is 67.4 Å². The maximum absolute atomic E-state index is 12.5. The largest absolute Gasteiger partial charge is 0.352 e. The fourth-order valence-electron chi connectivity index (χ4n) is 4.05. The van der Waals surface area contributed by atoms with E-state index in [1.165, 1.54) is 6.42 Å². The number of amides is 1. The second kappa shape index (κ2) is 6.89. The lowest BCUT2D eigenvalue weighted by atomic mass is 9.84. The molecule has 0 N–H and O–H groups in total. The number of hydrogen-bond acceptors (Lipinski definition) is 5. The molecule has 2 aliphatic rings. The quantitative estimate of drug-likeness (QED) is 0.703. The molecule has 3 aromatic rings. The van der Waals surface area contributed by atoms with Crippen molar-refractivity contribution >= 4 is 22.8 Å². The zero-order chi connectivity index (χ0) is 19.1. The maximum atomic E-state index is 12.5. The first-order chi connectivity index (χ1) is 13.7. The highest BCUT2D eigenvalue weighted by atomic mass is 16.2. The van der Waals surface area contributed by atoms with Crippen LogP contribution in [-0.4, -0.2) is 56.7 Å². The average Bonchev–Trinajstić information content (AvgIpc) is 3.10. The lowest BCUT2D eigenvalue weighted by Crippen LogP contribution is -2.51. The van der Waals surface area contributed by atoms with Crippen LogP contribution < -0.4 is 4.90 Å². The van der Waals surface area contributed by atoms with Gasteiger partial charge in [-0.15, -0.1) is 0 Å².